The largest absolute Gasteiger partial charge is 0.500 e. The highest BCUT2D eigenvalue weighted by molar-refractivity contribution is 6.60. The molecular weight excluding hydrogens is 234 g/mol. The van der Waals surface area contributed by atoms with Crippen LogP contribution in [0.15, 0.2) is 12.7 Å². The Balaban J connectivity index is 0. The van der Waals surface area contributed by atoms with Gasteiger partial charge in [-0.1, -0.05) is 19.4 Å². The Bertz CT molecular complexity index is 138. The van der Waals surface area contributed by atoms with Crippen molar-refractivity contribution in [2.24, 2.45) is 5.73 Å². The molecule has 0 unspecified atom stereocenters. The van der Waals surface area contributed by atoms with E-state index in [1.807, 2.05) is 20.8 Å². The van der Waals surface area contributed by atoms with E-state index in [4.69, 9.17) is 19.0 Å². The van der Waals surface area contributed by atoms with E-state index >= 15 is 0 Å². The summed E-state index contributed by atoms with van der Waals surface area (Å²) in [5, 5.41) is 0. The SMILES string of the molecule is C=CCN.CCC[Si](OCC)(OCC)OCC. The molecule has 5 heteroatoms. The van der Waals surface area contributed by atoms with Gasteiger partial charge in [0.2, 0.25) is 0 Å². The molecule has 0 saturated carbocycles. The molecule has 0 aliphatic carbocycles. The summed E-state index contributed by atoms with van der Waals surface area (Å²) in [6, 6.07) is 0.919. The van der Waals surface area contributed by atoms with Crippen LogP contribution < -0.4 is 5.73 Å². The molecule has 0 saturated heterocycles. The first kappa shape index (κ1) is 19.1. The predicted octanol–water partition coefficient (Wildman–Crippen LogP) is 2.58. The van der Waals surface area contributed by atoms with Crippen LogP contribution >= 0.6 is 0 Å². The molecule has 0 fully saturated rings. The van der Waals surface area contributed by atoms with Crippen molar-refractivity contribution < 1.29 is 13.3 Å². The lowest BCUT2D eigenvalue weighted by molar-refractivity contribution is 0.0712. The van der Waals surface area contributed by atoms with Crippen molar-refractivity contribution in [3.05, 3.63) is 12.7 Å². The Kier molecular flexibility index (Phi) is 15.6. The zero-order valence-electron chi connectivity index (χ0n) is 11.8. The van der Waals surface area contributed by atoms with Gasteiger partial charge in [-0.15, -0.1) is 6.58 Å². The second-order valence-electron chi connectivity index (χ2n) is 3.26. The maximum absolute atomic E-state index is 5.65. The lowest BCUT2D eigenvalue weighted by Gasteiger charge is -2.27. The van der Waals surface area contributed by atoms with Crippen LogP contribution in [0.3, 0.4) is 0 Å². The van der Waals surface area contributed by atoms with Gasteiger partial charge < -0.3 is 19.0 Å². The first-order valence-corrected chi connectivity index (χ1v) is 8.32. The highest BCUT2D eigenvalue weighted by Gasteiger charge is 2.38. The summed E-state index contributed by atoms with van der Waals surface area (Å²) in [7, 11) is -2.30. The first-order chi connectivity index (χ1) is 8.16. The van der Waals surface area contributed by atoms with Gasteiger partial charge in [0.15, 0.2) is 0 Å². The standard InChI is InChI=1S/C9H22O3Si.C3H7N/c1-5-9-13(10-6-2,11-7-3)12-8-4;1-2-3-4/h5-9H2,1-4H3;2H,1,3-4H2. The summed E-state index contributed by atoms with van der Waals surface area (Å²) in [5.41, 5.74) is 4.91. The summed E-state index contributed by atoms with van der Waals surface area (Å²) in [6.07, 6.45) is 2.70. The maximum Gasteiger partial charge on any atom is 0.500 e. The lowest BCUT2D eigenvalue weighted by Crippen LogP contribution is -2.45. The molecule has 0 heterocycles. The van der Waals surface area contributed by atoms with E-state index < -0.39 is 8.80 Å². The minimum atomic E-state index is -2.30. The molecule has 0 radical (unpaired) electrons. The van der Waals surface area contributed by atoms with E-state index in [2.05, 4.69) is 13.5 Å². The van der Waals surface area contributed by atoms with Gasteiger partial charge in [0, 0.05) is 32.4 Å². The Morgan fingerprint density at radius 1 is 1.00 bits per heavy atom. The summed E-state index contributed by atoms with van der Waals surface area (Å²) in [5.74, 6) is 0. The molecule has 104 valence electrons. The Morgan fingerprint density at radius 2 is 1.35 bits per heavy atom. The average Bonchev–Trinajstić information content (AvgIpc) is 2.31. The fourth-order valence-corrected chi connectivity index (χ4v) is 3.92. The summed E-state index contributed by atoms with van der Waals surface area (Å²) >= 11 is 0. The van der Waals surface area contributed by atoms with Gasteiger partial charge in [0.25, 0.3) is 0 Å². The topological polar surface area (TPSA) is 53.7 Å². The van der Waals surface area contributed by atoms with Crippen LogP contribution in [0.5, 0.6) is 0 Å². The minimum absolute atomic E-state index is 0.583. The molecule has 0 atom stereocenters. The summed E-state index contributed by atoms with van der Waals surface area (Å²) in [6.45, 7) is 14.0. The van der Waals surface area contributed by atoms with Crippen molar-refractivity contribution in [1.82, 2.24) is 0 Å². The smallest absolute Gasteiger partial charge is 0.374 e. The van der Waals surface area contributed by atoms with Crippen LogP contribution in [0, 0.1) is 0 Å². The third kappa shape index (κ3) is 10.7. The fraction of sp³-hybridized carbons (Fsp3) is 0.833. The van der Waals surface area contributed by atoms with Crippen molar-refractivity contribution in [2.75, 3.05) is 26.4 Å². The third-order valence-corrected chi connectivity index (χ3v) is 5.11. The third-order valence-electron chi connectivity index (χ3n) is 1.82. The van der Waals surface area contributed by atoms with Gasteiger partial charge in [-0.3, -0.25) is 0 Å². The van der Waals surface area contributed by atoms with E-state index in [0.717, 1.165) is 12.5 Å². The van der Waals surface area contributed by atoms with E-state index in [0.29, 0.717) is 26.4 Å². The quantitative estimate of drug-likeness (QED) is 0.513. The molecule has 0 spiro atoms. The molecule has 0 bridgehead atoms. The molecule has 0 aromatic rings. The Hall–Kier alpha value is -0.203. The maximum atomic E-state index is 5.65. The molecular formula is C12H29NO3Si. The second kappa shape index (κ2) is 13.9. The van der Waals surface area contributed by atoms with Crippen LogP contribution in [0.25, 0.3) is 0 Å². The van der Waals surface area contributed by atoms with E-state index in [9.17, 15) is 0 Å². The monoisotopic (exact) mass is 263 g/mol. The van der Waals surface area contributed by atoms with Gasteiger partial charge in [-0.05, 0) is 20.8 Å². The molecule has 0 aromatic carbocycles. The minimum Gasteiger partial charge on any atom is -0.374 e. The second-order valence-corrected chi connectivity index (χ2v) is 5.99. The number of nitrogens with two attached hydrogens (primary N) is 1. The molecule has 0 amide bonds. The zero-order valence-corrected chi connectivity index (χ0v) is 12.8. The van der Waals surface area contributed by atoms with Crippen LogP contribution in [-0.4, -0.2) is 35.2 Å². The van der Waals surface area contributed by atoms with Gasteiger partial charge in [-0.2, -0.15) is 0 Å². The zero-order chi connectivity index (χ0) is 13.6. The van der Waals surface area contributed by atoms with Crippen LogP contribution in [0.2, 0.25) is 6.04 Å². The average molecular weight is 263 g/mol. The summed E-state index contributed by atoms with van der Waals surface area (Å²) in [4.78, 5) is 0. The molecule has 4 nitrogen and oxygen atoms in total. The van der Waals surface area contributed by atoms with Crippen molar-refractivity contribution in [3.8, 4) is 0 Å². The number of hydrogen-bond acceptors (Lipinski definition) is 4. The highest BCUT2D eigenvalue weighted by Crippen LogP contribution is 2.17. The molecule has 0 aliphatic heterocycles. The first-order valence-electron chi connectivity index (χ1n) is 6.39. The summed E-state index contributed by atoms with van der Waals surface area (Å²) < 4.78 is 16.9. The lowest BCUT2D eigenvalue weighted by atomic mass is 10.6. The van der Waals surface area contributed by atoms with Crippen molar-refractivity contribution in [2.45, 2.75) is 40.2 Å². The molecule has 0 aliphatic rings. The molecule has 0 rings (SSSR count). The van der Waals surface area contributed by atoms with Gasteiger partial charge in [-0.25, -0.2) is 0 Å². The van der Waals surface area contributed by atoms with E-state index in [1.165, 1.54) is 0 Å². The van der Waals surface area contributed by atoms with Crippen molar-refractivity contribution in [3.63, 3.8) is 0 Å². The van der Waals surface area contributed by atoms with Crippen molar-refractivity contribution >= 4 is 8.80 Å². The van der Waals surface area contributed by atoms with Crippen LogP contribution in [-0.2, 0) is 13.3 Å². The fourth-order valence-electron chi connectivity index (χ4n) is 1.31. The van der Waals surface area contributed by atoms with E-state index in [1.54, 1.807) is 6.08 Å². The van der Waals surface area contributed by atoms with Gasteiger partial charge in [0.1, 0.15) is 0 Å². The number of rotatable bonds is 9. The Morgan fingerprint density at radius 3 is 1.53 bits per heavy atom. The molecule has 17 heavy (non-hydrogen) atoms. The van der Waals surface area contributed by atoms with Gasteiger partial charge in [0.05, 0.1) is 0 Å². The van der Waals surface area contributed by atoms with Crippen LogP contribution in [0.1, 0.15) is 34.1 Å². The number of hydrogen-bond donors (Lipinski definition) is 1. The van der Waals surface area contributed by atoms with E-state index in [-0.39, 0.29) is 0 Å². The predicted molar refractivity (Wildman–Crippen MR) is 75.0 cm³/mol. The van der Waals surface area contributed by atoms with Gasteiger partial charge >= 0.3 is 8.80 Å². The molecule has 2 N–H and O–H groups in total. The highest BCUT2D eigenvalue weighted by atomic mass is 28.4. The Labute approximate surface area is 108 Å². The van der Waals surface area contributed by atoms with Crippen LogP contribution in [0.4, 0.5) is 0 Å². The normalized spacial score (nSPS) is 10.6. The van der Waals surface area contributed by atoms with Crippen molar-refractivity contribution in [1.29, 1.82) is 0 Å². The molecule has 0 aromatic heterocycles.